The molecule has 13 heavy (non-hydrogen) atoms. The highest BCUT2D eigenvalue weighted by Gasteiger charge is 2.11. The number of pyridine rings is 1. The lowest BCUT2D eigenvalue weighted by atomic mass is 10.3. The van der Waals surface area contributed by atoms with Crippen molar-refractivity contribution in [3.63, 3.8) is 0 Å². The Morgan fingerprint density at radius 3 is 2.77 bits per heavy atom. The highest BCUT2D eigenvalue weighted by Crippen LogP contribution is 2.21. The van der Waals surface area contributed by atoms with Crippen molar-refractivity contribution in [3.8, 4) is 10.6 Å². The third-order valence-corrected chi connectivity index (χ3v) is 2.85. The first-order valence-electron chi connectivity index (χ1n) is 3.71. The molecule has 0 unspecified atom stereocenters. The Morgan fingerprint density at radius 2 is 2.08 bits per heavy atom. The summed E-state index contributed by atoms with van der Waals surface area (Å²) in [5.74, 6) is 0. The highest BCUT2D eigenvalue weighted by atomic mass is 35.5. The molecule has 0 fully saturated rings. The Morgan fingerprint density at radius 1 is 1.23 bits per heavy atom. The van der Waals surface area contributed by atoms with Gasteiger partial charge in [-0.3, -0.25) is 0 Å². The minimum absolute atomic E-state index is 0.200. The van der Waals surface area contributed by atoms with Crippen LogP contribution < -0.4 is 4.73 Å². The van der Waals surface area contributed by atoms with Gasteiger partial charge in [0.2, 0.25) is 5.69 Å². The molecule has 2 rings (SSSR count). The van der Waals surface area contributed by atoms with Gasteiger partial charge < -0.3 is 5.21 Å². The Hall–Kier alpha value is -1.06. The number of hydrogen-bond donors (Lipinski definition) is 0. The van der Waals surface area contributed by atoms with Crippen LogP contribution in [0, 0.1) is 5.21 Å². The molecule has 4 heteroatoms. The molecule has 0 saturated carbocycles. The molecule has 0 N–H and O–H groups in total. The second-order valence-corrected chi connectivity index (χ2v) is 3.84. The lowest BCUT2D eigenvalue weighted by Crippen LogP contribution is -2.29. The third kappa shape index (κ3) is 1.53. The van der Waals surface area contributed by atoms with Crippen molar-refractivity contribution < 1.29 is 4.73 Å². The molecule has 0 aromatic carbocycles. The van der Waals surface area contributed by atoms with E-state index in [9.17, 15) is 5.21 Å². The van der Waals surface area contributed by atoms with E-state index >= 15 is 0 Å². The summed E-state index contributed by atoms with van der Waals surface area (Å²) in [6.45, 7) is 0. The van der Waals surface area contributed by atoms with E-state index in [2.05, 4.69) is 0 Å². The van der Waals surface area contributed by atoms with Crippen molar-refractivity contribution in [2.45, 2.75) is 0 Å². The monoisotopic (exact) mass is 211 g/mol. The zero-order valence-corrected chi connectivity index (χ0v) is 8.18. The summed E-state index contributed by atoms with van der Waals surface area (Å²) in [7, 11) is 0. The molecule has 2 heterocycles. The van der Waals surface area contributed by atoms with Gasteiger partial charge in [0.25, 0.3) is 5.15 Å². The Bertz CT molecular complexity index is 414. The van der Waals surface area contributed by atoms with Gasteiger partial charge in [0, 0.05) is 12.1 Å². The molecule has 66 valence electrons. The van der Waals surface area contributed by atoms with Crippen LogP contribution in [-0.2, 0) is 0 Å². The minimum atomic E-state index is 0.200. The fraction of sp³-hybridized carbons (Fsp3) is 0. The SMILES string of the molecule is [O-][n+]1c(Cl)cccc1-c1cccs1. The second kappa shape index (κ2) is 3.36. The van der Waals surface area contributed by atoms with E-state index in [-0.39, 0.29) is 5.15 Å². The molecule has 0 saturated heterocycles. The van der Waals surface area contributed by atoms with Crippen LogP contribution in [0.25, 0.3) is 10.6 Å². The van der Waals surface area contributed by atoms with Gasteiger partial charge in [-0.2, -0.15) is 4.73 Å². The van der Waals surface area contributed by atoms with Crippen LogP contribution in [0.5, 0.6) is 0 Å². The summed E-state index contributed by atoms with van der Waals surface area (Å²) >= 11 is 7.21. The van der Waals surface area contributed by atoms with E-state index in [4.69, 9.17) is 11.6 Å². The maximum absolute atomic E-state index is 11.5. The van der Waals surface area contributed by atoms with Crippen molar-refractivity contribution in [2.24, 2.45) is 0 Å². The smallest absolute Gasteiger partial charge is 0.286 e. The van der Waals surface area contributed by atoms with E-state index in [0.717, 1.165) is 9.61 Å². The molecule has 0 amide bonds. The standard InChI is InChI=1S/C9H6ClNOS/c10-9-5-1-3-7(11(9)12)8-4-2-6-13-8/h1-6H. The quantitative estimate of drug-likeness (QED) is 0.405. The van der Waals surface area contributed by atoms with Gasteiger partial charge >= 0.3 is 0 Å². The normalized spacial score (nSPS) is 10.2. The number of aromatic nitrogens is 1. The van der Waals surface area contributed by atoms with Gasteiger partial charge in [0.05, 0.1) is 4.88 Å². The lowest BCUT2D eigenvalue weighted by Gasteiger charge is -2.02. The predicted octanol–water partition coefficient (Wildman–Crippen LogP) is 2.70. The summed E-state index contributed by atoms with van der Waals surface area (Å²) in [6.07, 6.45) is 0. The fourth-order valence-corrected chi connectivity index (χ4v) is 1.97. The van der Waals surface area contributed by atoms with Crippen LogP contribution in [-0.4, -0.2) is 0 Å². The van der Waals surface area contributed by atoms with Crippen molar-refractivity contribution in [1.29, 1.82) is 0 Å². The Labute approximate surface area is 84.6 Å². The first-order valence-corrected chi connectivity index (χ1v) is 4.97. The predicted molar refractivity (Wildman–Crippen MR) is 53.7 cm³/mol. The number of hydrogen-bond acceptors (Lipinski definition) is 2. The van der Waals surface area contributed by atoms with Crippen LogP contribution in [0.1, 0.15) is 0 Å². The maximum atomic E-state index is 11.5. The summed E-state index contributed by atoms with van der Waals surface area (Å²) in [5.41, 5.74) is 0.600. The van der Waals surface area contributed by atoms with Gasteiger partial charge in [0.1, 0.15) is 0 Å². The summed E-state index contributed by atoms with van der Waals surface area (Å²) in [6, 6.07) is 8.90. The van der Waals surface area contributed by atoms with E-state index in [1.54, 1.807) is 18.2 Å². The van der Waals surface area contributed by atoms with Gasteiger partial charge in [-0.15, -0.1) is 11.3 Å². The average Bonchev–Trinajstić information content (AvgIpc) is 2.62. The van der Waals surface area contributed by atoms with Crippen molar-refractivity contribution in [1.82, 2.24) is 0 Å². The maximum Gasteiger partial charge on any atom is 0.286 e. The summed E-state index contributed by atoms with van der Waals surface area (Å²) in [4.78, 5) is 0.928. The molecule has 2 nitrogen and oxygen atoms in total. The largest absolute Gasteiger partial charge is 0.617 e. The highest BCUT2D eigenvalue weighted by molar-refractivity contribution is 7.13. The molecular formula is C9H6ClNOS. The summed E-state index contributed by atoms with van der Waals surface area (Å²) < 4.78 is 0.730. The number of thiophene rings is 1. The van der Waals surface area contributed by atoms with Gasteiger partial charge in [0.15, 0.2) is 0 Å². The Kier molecular flexibility index (Phi) is 2.20. The topological polar surface area (TPSA) is 26.9 Å². The number of halogens is 1. The van der Waals surface area contributed by atoms with Crippen molar-refractivity contribution >= 4 is 22.9 Å². The third-order valence-electron chi connectivity index (χ3n) is 1.67. The van der Waals surface area contributed by atoms with Gasteiger partial charge in [-0.05, 0) is 29.1 Å². The lowest BCUT2D eigenvalue weighted by molar-refractivity contribution is -0.591. The first kappa shape index (κ1) is 8.53. The first-order chi connectivity index (χ1) is 6.29. The number of rotatable bonds is 1. The molecule has 0 spiro atoms. The molecule has 2 aromatic rings. The Balaban J connectivity index is 2.59. The molecule has 0 atom stereocenters. The van der Waals surface area contributed by atoms with Gasteiger partial charge in [-0.25, -0.2) is 0 Å². The van der Waals surface area contributed by atoms with Crippen molar-refractivity contribution in [3.05, 3.63) is 46.1 Å². The van der Waals surface area contributed by atoms with Crippen LogP contribution in [0.15, 0.2) is 35.7 Å². The number of nitrogens with zero attached hydrogens (tertiary/aromatic N) is 1. The molecule has 0 aliphatic heterocycles. The minimum Gasteiger partial charge on any atom is -0.617 e. The fourth-order valence-electron chi connectivity index (χ4n) is 1.08. The zero-order valence-electron chi connectivity index (χ0n) is 6.61. The van der Waals surface area contributed by atoms with Crippen LogP contribution in [0.2, 0.25) is 5.15 Å². The molecule has 0 radical (unpaired) electrons. The van der Waals surface area contributed by atoms with E-state index in [1.807, 2.05) is 17.5 Å². The molecule has 0 aliphatic rings. The van der Waals surface area contributed by atoms with Gasteiger partial charge in [-0.1, -0.05) is 6.07 Å². The molecule has 2 aromatic heterocycles. The van der Waals surface area contributed by atoms with Crippen LogP contribution in [0.3, 0.4) is 0 Å². The second-order valence-electron chi connectivity index (χ2n) is 2.51. The average molecular weight is 212 g/mol. The molecule has 0 bridgehead atoms. The van der Waals surface area contributed by atoms with Crippen LogP contribution in [0.4, 0.5) is 0 Å². The van der Waals surface area contributed by atoms with Crippen molar-refractivity contribution in [2.75, 3.05) is 0 Å². The van der Waals surface area contributed by atoms with Crippen LogP contribution >= 0.6 is 22.9 Å². The van der Waals surface area contributed by atoms with E-state index in [1.165, 1.54) is 11.3 Å². The zero-order chi connectivity index (χ0) is 9.26. The molecule has 0 aliphatic carbocycles. The van der Waals surface area contributed by atoms with E-state index < -0.39 is 0 Å². The molecular weight excluding hydrogens is 206 g/mol. The van der Waals surface area contributed by atoms with E-state index in [0.29, 0.717) is 5.69 Å². The summed E-state index contributed by atoms with van der Waals surface area (Å²) in [5, 5.41) is 13.6.